The van der Waals surface area contributed by atoms with Crippen molar-refractivity contribution in [2.45, 2.75) is 12.6 Å². The molecule has 0 spiro atoms. The highest BCUT2D eigenvalue weighted by Crippen LogP contribution is 2.15. The number of rotatable bonds is 5. The number of fused-ring (bicyclic) bond motifs is 1. The lowest BCUT2D eigenvalue weighted by atomic mass is 10.1. The molecule has 29 heavy (non-hydrogen) atoms. The van der Waals surface area contributed by atoms with E-state index in [0.717, 1.165) is 0 Å². The van der Waals surface area contributed by atoms with Crippen LogP contribution >= 0.6 is 0 Å². The number of alkyl halides is 3. The van der Waals surface area contributed by atoms with E-state index in [1.807, 2.05) is 0 Å². The third kappa shape index (κ3) is 5.18. The second kappa shape index (κ2) is 8.13. The lowest BCUT2D eigenvalue weighted by Crippen LogP contribution is -2.33. The van der Waals surface area contributed by atoms with Gasteiger partial charge in [0.1, 0.15) is 6.54 Å². The first-order chi connectivity index (χ1) is 13.7. The average molecular weight is 404 g/mol. The summed E-state index contributed by atoms with van der Waals surface area (Å²) in [7, 11) is 0. The van der Waals surface area contributed by atoms with Gasteiger partial charge in [-0.1, -0.05) is 18.2 Å². The number of carbonyl (C=O) groups excluding carboxylic acids is 2. The minimum Gasteiger partial charge on any atom is -0.343 e. The number of benzene rings is 2. The van der Waals surface area contributed by atoms with Crippen LogP contribution in [0.4, 0.5) is 18.9 Å². The van der Waals surface area contributed by atoms with Crippen LogP contribution in [0.25, 0.3) is 10.8 Å². The molecule has 3 N–H and O–H groups in total. The van der Waals surface area contributed by atoms with E-state index in [9.17, 15) is 27.6 Å². The maximum atomic E-state index is 12.3. The first kappa shape index (κ1) is 20.1. The monoisotopic (exact) mass is 404 g/mol. The highest BCUT2D eigenvalue weighted by atomic mass is 19.4. The number of aromatic amines is 1. The molecule has 0 aliphatic rings. The number of halogens is 3. The standard InChI is InChI=1S/C19H15F3N4O3/c20-19(21,22)10-23-17(28)11-5-7-12(8-6-11)24-16(27)9-15-13-3-1-2-4-14(13)18(29)26-25-15/h1-8H,9-10H2,(H,23,28)(H,24,27)(H,26,29). The zero-order valence-corrected chi connectivity index (χ0v) is 14.8. The van der Waals surface area contributed by atoms with Gasteiger partial charge < -0.3 is 10.6 Å². The first-order valence-electron chi connectivity index (χ1n) is 8.44. The summed E-state index contributed by atoms with van der Waals surface area (Å²) in [6.45, 7) is -1.43. The molecule has 0 saturated carbocycles. The third-order valence-electron chi connectivity index (χ3n) is 3.98. The Hall–Kier alpha value is -3.69. The van der Waals surface area contributed by atoms with Crippen LogP contribution in [0, 0.1) is 0 Å². The summed E-state index contributed by atoms with van der Waals surface area (Å²) >= 11 is 0. The molecule has 0 aliphatic carbocycles. The molecule has 0 atom stereocenters. The Balaban J connectivity index is 1.65. The van der Waals surface area contributed by atoms with Crippen LogP contribution in [0.15, 0.2) is 53.3 Å². The average Bonchev–Trinajstić information content (AvgIpc) is 2.68. The molecule has 10 heteroatoms. The molecule has 2 amide bonds. The van der Waals surface area contributed by atoms with E-state index < -0.39 is 24.5 Å². The Kier molecular flexibility index (Phi) is 5.62. The molecule has 0 aliphatic heterocycles. The van der Waals surface area contributed by atoms with Crippen molar-refractivity contribution in [3.8, 4) is 0 Å². The molecule has 7 nitrogen and oxygen atoms in total. The van der Waals surface area contributed by atoms with Crippen LogP contribution in [0.3, 0.4) is 0 Å². The maximum absolute atomic E-state index is 12.3. The largest absolute Gasteiger partial charge is 0.405 e. The molecule has 150 valence electrons. The number of aromatic nitrogens is 2. The Morgan fingerprint density at radius 3 is 2.31 bits per heavy atom. The summed E-state index contributed by atoms with van der Waals surface area (Å²) < 4.78 is 36.5. The smallest absolute Gasteiger partial charge is 0.343 e. The number of carbonyl (C=O) groups is 2. The topological polar surface area (TPSA) is 104 Å². The minimum absolute atomic E-state index is 0.0283. The summed E-state index contributed by atoms with van der Waals surface area (Å²) in [5.41, 5.74) is 0.418. The van der Waals surface area contributed by atoms with E-state index in [0.29, 0.717) is 22.2 Å². The van der Waals surface area contributed by atoms with Gasteiger partial charge in [0.2, 0.25) is 5.91 Å². The molecule has 0 fully saturated rings. The van der Waals surface area contributed by atoms with Crippen molar-refractivity contribution in [1.29, 1.82) is 0 Å². The Morgan fingerprint density at radius 1 is 1.00 bits per heavy atom. The second-order valence-electron chi connectivity index (χ2n) is 6.15. The molecular weight excluding hydrogens is 389 g/mol. The van der Waals surface area contributed by atoms with Crippen molar-refractivity contribution >= 4 is 28.3 Å². The zero-order valence-electron chi connectivity index (χ0n) is 14.8. The fraction of sp³-hybridized carbons (Fsp3) is 0.158. The van der Waals surface area contributed by atoms with E-state index in [1.165, 1.54) is 24.3 Å². The number of amides is 2. The number of nitrogens with zero attached hydrogens (tertiary/aromatic N) is 1. The van der Waals surface area contributed by atoms with E-state index in [4.69, 9.17) is 0 Å². The molecule has 0 radical (unpaired) electrons. The van der Waals surface area contributed by atoms with Crippen molar-refractivity contribution in [3.05, 3.63) is 70.1 Å². The number of hydrogen-bond acceptors (Lipinski definition) is 4. The van der Waals surface area contributed by atoms with Crippen LogP contribution < -0.4 is 16.2 Å². The SMILES string of the molecule is O=C(Cc1n[nH]c(=O)c2ccccc12)Nc1ccc(C(=O)NCC(F)(F)F)cc1. The van der Waals surface area contributed by atoms with Gasteiger partial charge in [-0.05, 0) is 30.3 Å². The fourth-order valence-electron chi connectivity index (χ4n) is 2.65. The second-order valence-corrected chi connectivity index (χ2v) is 6.15. The van der Waals surface area contributed by atoms with Gasteiger partial charge in [-0.25, -0.2) is 5.10 Å². The van der Waals surface area contributed by atoms with Crippen LogP contribution in [0.1, 0.15) is 16.1 Å². The molecular formula is C19H15F3N4O3. The predicted molar refractivity (Wildman–Crippen MR) is 99.5 cm³/mol. The summed E-state index contributed by atoms with van der Waals surface area (Å²) in [4.78, 5) is 35.8. The molecule has 2 aromatic carbocycles. The van der Waals surface area contributed by atoms with E-state index in [1.54, 1.807) is 29.6 Å². The van der Waals surface area contributed by atoms with Crippen LogP contribution in [0.5, 0.6) is 0 Å². The number of H-pyrrole nitrogens is 1. The van der Waals surface area contributed by atoms with E-state index in [-0.39, 0.29) is 17.5 Å². The van der Waals surface area contributed by atoms with Gasteiger partial charge >= 0.3 is 6.18 Å². The maximum Gasteiger partial charge on any atom is 0.405 e. The molecule has 3 aromatic rings. The van der Waals surface area contributed by atoms with Crippen LogP contribution in [-0.4, -0.2) is 34.7 Å². The summed E-state index contributed by atoms with van der Waals surface area (Å²) in [5, 5.41) is 11.6. The Bertz CT molecular complexity index is 1110. The Morgan fingerprint density at radius 2 is 1.66 bits per heavy atom. The van der Waals surface area contributed by atoms with Crippen molar-refractivity contribution in [2.24, 2.45) is 0 Å². The summed E-state index contributed by atoms with van der Waals surface area (Å²) in [6, 6.07) is 12.1. The minimum atomic E-state index is -4.50. The van der Waals surface area contributed by atoms with Crippen LogP contribution in [-0.2, 0) is 11.2 Å². The van der Waals surface area contributed by atoms with Crippen molar-refractivity contribution in [1.82, 2.24) is 15.5 Å². The van der Waals surface area contributed by atoms with Gasteiger partial charge in [0, 0.05) is 16.6 Å². The van der Waals surface area contributed by atoms with Crippen molar-refractivity contribution in [2.75, 3.05) is 11.9 Å². The van der Waals surface area contributed by atoms with Crippen molar-refractivity contribution < 1.29 is 22.8 Å². The fourth-order valence-corrected chi connectivity index (χ4v) is 2.65. The molecule has 1 aromatic heterocycles. The number of nitrogens with one attached hydrogen (secondary N) is 3. The van der Waals surface area contributed by atoms with Gasteiger partial charge in [-0.15, -0.1) is 0 Å². The van der Waals surface area contributed by atoms with Crippen LogP contribution in [0.2, 0.25) is 0 Å². The predicted octanol–water partition coefficient (Wildman–Crippen LogP) is 2.40. The van der Waals surface area contributed by atoms with Gasteiger partial charge in [-0.2, -0.15) is 18.3 Å². The van der Waals surface area contributed by atoms with Crippen molar-refractivity contribution in [3.63, 3.8) is 0 Å². The van der Waals surface area contributed by atoms with E-state index >= 15 is 0 Å². The lowest BCUT2D eigenvalue weighted by molar-refractivity contribution is -0.123. The highest BCUT2D eigenvalue weighted by molar-refractivity contribution is 5.97. The molecule has 1 heterocycles. The first-order valence-corrected chi connectivity index (χ1v) is 8.44. The van der Waals surface area contributed by atoms with E-state index in [2.05, 4.69) is 15.5 Å². The summed E-state index contributed by atoms with van der Waals surface area (Å²) in [6.07, 6.45) is -4.60. The molecule has 0 bridgehead atoms. The molecule has 3 rings (SSSR count). The zero-order chi connectivity index (χ0) is 21.0. The highest BCUT2D eigenvalue weighted by Gasteiger charge is 2.27. The third-order valence-corrected chi connectivity index (χ3v) is 3.98. The lowest BCUT2D eigenvalue weighted by Gasteiger charge is -2.09. The normalized spacial score (nSPS) is 11.3. The van der Waals surface area contributed by atoms with Gasteiger partial charge in [0.25, 0.3) is 11.5 Å². The quantitative estimate of drug-likeness (QED) is 0.607. The van der Waals surface area contributed by atoms with Gasteiger partial charge in [0.05, 0.1) is 17.5 Å². The number of hydrogen-bond donors (Lipinski definition) is 3. The Labute approximate surface area is 161 Å². The molecule has 0 saturated heterocycles. The van der Waals surface area contributed by atoms with Gasteiger partial charge in [0.15, 0.2) is 0 Å². The summed E-state index contributed by atoms with van der Waals surface area (Å²) in [5.74, 6) is -1.28. The molecule has 0 unspecified atom stereocenters. The van der Waals surface area contributed by atoms with Gasteiger partial charge in [-0.3, -0.25) is 14.4 Å². The number of anilines is 1.